The molecule has 6 rings (SSSR count). The van der Waals surface area contributed by atoms with Gasteiger partial charge in [0, 0.05) is 17.5 Å². The highest BCUT2D eigenvalue weighted by molar-refractivity contribution is 7.22. The molecule has 0 bridgehead atoms. The van der Waals surface area contributed by atoms with Gasteiger partial charge in [0.1, 0.15) is 5.75 Å². The van der Waals surface area contributed by atoms with Gasteiger partial charge in [-0.25, -0.2) is 14.8 Å². The number of nitrogens with one attached hydrogen (secondary N) is 1. The zero-order valence-electron chi connectivity index (χ0n) is 22.2. The Morgan fingerprint density at radius 1 is 0.927 bits per heavy atom. The van der Waals surface area contributed by atoms with Crippen LogP contribution in [0.15, 0.2) is 90.0 Å². The molecule has 1 aliphatic carbocycles. The van der Waals surface area contributed by atoms with E-state index in [0.717, 1.165) is 57.2 Å². The summed E-state index contributed by atoms with van der Waals surface area (Å²) in [6.45, 7) is 0.777. The van der Waals surface area contributed by atoms with Gasteiger partial charge in [0.05, 0.1) is 34.8 Å². The SMILES string of the molecule is O=C(O)c1nc(-c2ccc3c(c2)C(=NNc2nc4ccccc4s2)CCC3)ccc1OCCCOc1ccccc1. The fourth-order valence-electron chi connectivity index (χ4n) is 4.78. The molecule has 206 valence electrons. The van der Waals surface area contributed by atoms with E-state index in [1.165, 1.54) is 5.56 Å². The lowest BCUT2D eigenvalue weighted by atomic mass is 9.88. The number of anilines is 1. The molecule has 0 spiro atoms. The third-order valence-electron chi connectivity index (χ3n) is 6.78. The minimum Gasteiger partial charge on any atom is -0.493 e. The molecule has 0 saturated carbocycles. The van der Waals surface area contributed by atoms with Crippen LogP contribution in [0.4, 0.5) is 5.13 Å². The van der Waals surface area contributed by atoms with E-state index in [2.05, 4.69) is 21.5 Å². The third kappa shape index (κ3) is 6.20. The number of nitrogens with zero attached hydrogens (tertiary/aromatic N) is 3. The van der Waals surface area contributed by atoms with Gasteiger partial charge in [0.25, 0.3) is 0 Å². The topological polar surface area (TPSA) is 106 Å². The van der Waals surface area contributed by atoms with Gasteiger partial charge in [-0.15, -0.1) is 0 Å². The second-order valence-electron chi connectivity index (χ2n) is 9.59. The molecule has 8 nitrogen and oxygen atoms in total. The number of pyridine rings is 1. The van der Waals surface area contributed by atoms with Crippen molar-refractivity contribution < 1.29 is 19.4 Å². The third-order valence-corrected chi connectivity index (χ3v) is 7.72. The van der Waals surface area contributed by atoms with Gasteiger partial charge in [-0.3, -0.25) is 5.43 Å². The average Bonchev–Trinajstić information content (AvgIpc) is 3.43. The van der Waals surface area contributed by atoms with Crippen LogP contribution < -0.4 is 14.9 Å². The zero-order valence-corrected chi connectivity index (χ0v) is 23.1. The Kier molecular flexibility index (Phi) is 7.86. The summed E-state index contributed by atoms with van der Waals surface area (Å²) in [5.74, 6) is -0.112. The maximum absolute atomic E-state index is 12.0. The predicted octanol–water partition coefficient (Wildman–Crippen LogP) is 7.06. The second kappa shape index (κ2) is 12.2. The van der Waals surface area contributed by atoms with Gasteiger partial charge < -0.3 is 14.6 Å². The van der Waals surface area contributed by atoms with Crippen LogP contribution in [0.5, 0.6) is 11.5 Å². The highest BCUT2D eigenvalue weighted by Crippen LogP contribution is 2.30. The number of benzene rings is 3. The van der Waals surface area contributed by atoms with E-state index in [0.29, 0.717) is 25.3 Å². The first kappa shape index (κ1) is 26.5. The number of rotatable bonds is 10. The van der Waals surface area contributed by atoms with Gasteiger partial charge in [-0.2, -0.15) is 5.10 Å². The van der Waals surface area contributed by atoms with Crippen LogP contribution in [0.1, 0.15) is 40.9 Å². The Labute approximate surface area is 241 Å². The van der Waals surface area contributed by atoms with Crippen LogP contribution in [-0.2, 0) is 6.42 Å². The number of para-hydroxylation sites is 2. The lowest BCUT2D eigenvalue weighted by molar-refractivity contribution is 0.0685. The first-order chi connectivity index (χ1) is 20.1. The molecule has 2 N–H and O–H groups in total. The molecule has 41 heavy (non-hydrogen) atoms. The largest absolute Gasteiger partial charge is 0.493 e. The zero-order chi connectivity index (χ0) is 28.0. The average molecular weight is 565 g/mol. The molecule has 3 aromatic carbocycles. The van der Waals surface area contributed by atoms with Crippen LogP contribution in [0.3, 0.4) is 0 Å². The molecule has 0 unspecified atom stereocenters. The van der Waals surface area contributed by atoms with Gasteiger partial charge >= 0.3 is 5.97 Å². The number of ether oxygens (including phenoxy) is 2. The van der Waals surface area contributed by atoms with Crippen molar-refractivity contribution >= 4 is 38.4 Å². The van der Waals surface area contributed by atoms with Crippen molar-refractivity contribution in [1.82, 2.24) is 9.97 Å². The Morgan fingerprint density at radius 3 is 2.61 bits per heavy atom. The van der Waals surface area contributed by atoms with Crippen molar-refractivity contribution in [2.24, 2.45) is 5.10 Å². The quantitative estimate of drug-likeness (QED) is 0.138. The normalized spacial score (nSPS) is 13.6. The van der Waals surface area contributed by atoms with E-state index in [1.807, 2.05) is 66.7 Å². The number of carboxylic acids is 1. The second-order valence-corrected chi connectivity index (χ2v) is 10.6. The summed E-state index contributed by atoms with van der Waals surface area (Å²) >= 11 is 1.57. The van der Waals surface area contributed by atoms with E-state index in [4.69, 9.17) is 14.6 Å². The lowest BCUT2D eigenvalue weighted by Gasteiger charge is -2.19. The number of hydrazone groups is 1. The minimum atomic E-state index is -1.14. The van der Waals surface area contributed by atoms with E-state index in [-0.39, 0.29) is 11.4 Å². The van der Waals surface area contributed by atoms with E-state index in [9.17, 15) is 9.90 Å². The minimum absolute atomic E-state index is 0.115. The number of carbonyl (C=O) groups is 1. The number of aryl methyl sites for hydroxylation is 1. The predicted molar refractivity (Wildman–Crippen MR) is 161 cm³/mol. The molecule has 0 fully saturated rings. The molecule has 5 aromatic rings. The summed E-state index contributed by atoms with van der Waals surface area (Å²) in [4.78, 5) is 21.1. The molecule has 0 atom stereocenters. The molecule has 2 aromatic heterocycles. The van der Waals surface area contributed by atoms with Gasteiger partial charge in [-0.05, 0) is 67.3 Å². The Morgan fingerprint density at radius 2 is 1.76 bits per heavy atom. The molecule has 0 radical (unpaired) electrons. The maximum atomic E-state index is 12.0. The fourth-order valence-corrected chi connectivity index (χ4v) is 5.59. The van der Waals surface area contributed by atoms with Gasteiger partial charge in [0.15, 0.2) is 11.4 Å². The van der Waals surface area contributed by atoms with Crippen molar-refractivity contribution in [2.45, 2.75) is 25.7 Å². The van der Waals surface area contributed by atoms with Crippen molar-refractivity contribution in [1.29, 1.82) is 0 Å². The number of carboxylic acid groups (broad SMARTS) is 1. The molecule has 0 saturated heterocycles. The maximum Gasteiger partial charge on any atom is 0.358 e. The Hall–Kier alpha value is -4.76. The van der Waals surface area contributed by atoms with Crippen molar-refractivity contribution in [3.63, 3.8) is 0 Å². The molecular formula is C32H28N4O4S. The molecular weight excluding hydrogens is 536 g/mol. The fraction of sp³-hybridized carbons (Fsp3) is 0.188. The number of hydrogen-bond donors (Lipinski definition) is 2. The number of hydrogen-bond acceptors (Lipinski definition) is 8. The van der Waals surface area contributed by atoms with Gasteiger partial charge in [0.2, 0.25) is 5.13 Å². The van der Waals surface area contributed by atoms with E-state index in [1.54, 1.807) is 23.5 Å². The first-order valence-electron chi connectivity index (χ1n) is 13.5. The van der Waals surface area contributed by atoms with E-state index >= 15 is 0 Å². The van der Waals surface area contributed by atoms with Crippen LogP contribution in [-0.4, -0.2) is 40.0 Å². The van der Waals surface area contributed by atoms with Crippen molar-refractivity contribution in [3.05, 3.63) is 102 Å². The summed E-state index contributed by atoms with van der Waals surface area (Å²) < 4.78 is 12.6. The van der Waals surface area contributed by atoms with Crippen molar-refractivity contribution in [3.8, 4) is 22.8 Å². The van der Waals surface area contributed by atoms with Crippen molar-refractivity contribution in [2.75, 3.05) is 18.6 Å². The molecule has 2 heterocycles. The lowest BCUT2D eigenvalue weighted by Crippen LogP contribution is -2.14. The first-order valence-corrected chi connectivity index (χ1v) is 14.3. The number of aromatic carboxylic acids is 1. The number of thiazole rings is 1. The standard InChI is InChI=1S/C32H28N4O4S/c37-31(38)30-28(40-19-7-18-39-23-9-2-1-3-10-23)17-16-25(33-30)22-15-14-21-8-6-12-26(24(21)20-22)35-36-32-34-27-11-4-5-13-29(27)41-32/h1-5,9-11,13-17,20H,6-8,12,18-19H2,(H,34,36)(H,37,38). The van der Waals surface area contributed by atoms with Crippen LogP contribution in [0, 0.1) is 0 Å². The highest BCUT2D eigenvalue weighted by atomic mass is 32.1. The molecule has 1 aliphatic rings. The summed E-state index contributed by atoms with van der Waals surface area (Å²) in [7, 11) is 0. The number of fused-ring (bicyclic) bond motifs is 2. The number of aromatic nitrogens is 2. The summed E-state index contributed by atoms with van der Waals surface area (Å²) in [5.41, 5.74) is 8.56. The smallest absolute Gasteiger partial charge is 0.358 e. The summed E-state index contributed by atoms with van der Waals surface area (Å²) in [6, 6.07) is 27.1. The highest BCUT2D eigenvalue weighted by Gasteiger charge is 2.19. The summed E-state index contributed by atoms with van der Waals surface area (Å²) in [5, 5.41) is 15.3. The monoisotopic (exact) mass is 564 g/mol. The Bertz CT molecular complexity index is 1680. The molecule has 0 amide bonds. The van der Waals surface area contributed by atoms with Crippen LogP contribution in [0.25, 0.3) is 21.5 Å². The summed E-state index contributed by atoms with van der Waals surface area (Å²) in [6.07, 6.45) is 3.41. The Balaban J connectivity index is 1.17. The van der Waals surface area contributed by atoms with Crippen LogP contribution in [0.2, 0.25) is 0 Å². The van der Waals surface area contributed by atoms with Gasteiger partial charge in [-0.1, -0.05) is 53.8 Å². The molecule has 0 aliphatic heterocycles. The van der Waals surface area contributed by atoms with E-state index < -0.39 is 5.97 Å². The molecule has 9 heteroatoms. The van der Waals surface area contributed by atoms with Crippen LogP contribution >= 0.6 is 11.3 Å².